The van der Waals surface area contributed by atoms with Crippen LogP contribution in [0.25, 0.3) is 0 Å². The van der Waals surface area contributed by atoms with Gasteiger partial charge in [0.25, 0.3) is 0 Å². The zero-order valence-electron chi connectivity index (χ0n) is 11.2. The highest BCUT2D eigenvalue weighted by Gasteiger charge is 2.43. The average molecular weight is 323 g/mol. The summed E-state index contributed by atoms with van der Waals surface area (Å²) in [6, 6.07) is 6.50. The van der Waals surface area contributed by atoms with Crippen molar-refractivity contribution in [3.63, 3.8) is 0 Å². The van der Waals surface area contributed by atoms with Gasteiger partial charge in [-0.15, -0.1) is 11.3 Å². The van der Waals surface area contributed by atoms with Gasteiger partial charge in [-0.3, -0.25) is 0 Å². The lowest BCUT2D eigenvalue weighted by molar-refractivity contribution is 0.0153. The zero-order valence-corrected chi connectivity index (χ0v) is 12.8. The molecule has 0 bridgehead atoms. The summed E-state index contributed by atoms with van der Waals surface area (Å²) < 4.78 is 19.5. The summed E-state index contributed by atoms with van der Waals surface area (Å²) in [4.78, 5) is 1.09. The van der Waals surface area contributed by atoms with E-state index < -0.39 is 11.4 Å². The summed E-state index contributed by atoms with van der Waals surface area (Å²) in [6.45, 7) is 3.31. The van der Waals surface area contributed by atoms with Crippen molar-refractivity contribution in [3.05, 3.63) is 50.4 Å². The molecule has 0 unspecified atom stereocenters. The number of benzene rings is 1. The van der Waals surface area contributed by atoms with Crippen molar-refractivity contribution >= 4 is 22.9 Å². The molecule has 3 nitrogen and oxygen atoms in total. The Balaban J connectivity index is 1.99. The van der Waals surface area contributed by atoms with Crippen molar-refractivity contribution in [2.45, 2.75) is 12.5 Å². The standard InChI is InChI=1S/C15H12ClFN2OS/c1-9-2-14(21-6-9)15(7-19-8-15)20-13-4-11(16)12(17)3-10(13)5-18/h2-4,6,19H,7-8H2,1H3. The molecule has 0 atom stereocenters. The van der Waals surface area contributed by atoms with Crippen molar-refractivity contribution in [1.29, 1.82) is 5.26 Å². The molecule has 0 aliphatic carbocycles. The van der Waals surface area contributed by atoms with E-state index in [1.54, 1.807) is 11.3 Å². The fourth-order valence-electron chi connectivity index (χ4n) is 2.23. The summed E-state index contributed by atoms with van der Waals surface area (Å²) in [5.41, 5.74) is 0.810. The number of nitrogens with one attached hydrogen (secondary N) is 1. The van der Waals surface area contributed by atoms with Gasteiger partial charge in [0.2, 0.25) is 0 Å². The molecule has 1 aliphatic rings. The first-order valence-corrected chi connectivity index (χ1v) is 7.64. The lowest BCUT2D eigenvalue weighted by atomic mass is 9.94. The largest absolute Gasteiger partial charge is 0.478 e. The number of nitriles is 1. The minimum atomic E-state index is -0.617. The van der Waals surface area contributed by atoms with Crippen LogP contribution in [0.1, 0.15) is 16.0 Å². The van der Waals surface area contributed by atoms with Gasteiger partial charge in [-0.1, -0.05) is 11.6 Å². The quantitative estimate of drug-likeness (QED) is 0.939. The van der Waals surface area contributed by atoms with Crippen molar-refractivity contribution in [2.75, 3.05) is 13.1 Å². The van der Waals surface area contributed by atoms with Crippen molar-refractivity contribution in [2.24, 2.45) is 0 Å². The molecule has 2 aromatic rings. The molecule has 0 saturated carbocycles. The highest BCUT2D eigenvalue weighted by Crippen LogP contribution is 2.38. The van der Waals surface area contributed by atoms with Crippen molar-refractivity contribution in [3.8, 4) is 11.8 Å². The fourth-order valence-corrected chi connectivity index (χ4v) is 3.42. The molecule has 3 rings (SSSR count). The SMILES string of the molecule is Cc1csc(C2(Oc3cc(Cl)c(F)cc3C#N)CNC2)c1. The normalized spacial score (nSPS) is 16.1. The van der Waals surface area contributed by atoms with Crippen molar-refractivity contribution in [1.82, 2.24) is 5.32 Å². The van der Waals surface area contributed by atoms with E-state index >= 15 is 0 Å². The number of halogens is 2. The maximum Gasteiger partial charge on any atom is 0.168 e. The molecule has 1 aromatic carbocycles. The number of thiophene rings is 1. The summed E-state index contributed by atoms with van der Waals surface area (Å²) in [5, 5.41) is 14.3. The zero-order chi connectivity index (χ0) is 15.0. The minimum Gasteiger partial charge on any atom is -0.478 e. The predicted molar refractivity (Wildman–Crippen MR) is 80.4 cm³/mol. The second-order valence-electron chi connectivity index (χ2n) is 5.06. The molecule has 21 heavy (non-hydrogen) atoms. The van der Waals surface area contributed by atoms with Crippen LogP contribution in [0.5, 0.6) is 5.75 Å². The van der Waals surface area contributed by atoms with E-state index in [4.69, 9.17) is 21.6 Å². The highest BCUT2D eigenvalue weighted by molar-refractivity contribution is 7.10. The fraction of sp³-hybridized carbons (Fsp3) is 0.267. The Labute approximate surface area is 130 Å². The van der Waals surface area contributed by atoms with Crippen LogP contribution in [0.3, 0.4) is 0 Å². The maximum absolute atomic E-state index is 13.5. The summed E-state index contributed by atoms with van der Waals surface area (Å²) in [6.07, 6.45) is 0. The Morgan fingerprint density at radius 1 is 1.43 bits per heavy atom. The first-order chi connectivity index (χ1) is 10.0. The first-order valence-electron chi connectivity index (χ1n) is 6.38. The van der Waals surface area contributed by atoms with Crippen LogP contribution in [0.15, 0.2) is 23.6 Å². The second-order valence-corrected chi connectivity index (χ2v) is 6.38. The molecular formula is C15H12ClFN2OS. The van der Waals surface area contributed by atoms with Gasteiger partial charge in [-0.2, -0.15) is 5.26 Å². The number of ether oxygens (including phenoxy) is 1. The van der Waals surface area contributed by atoms with Gasteiger partial charge in [0, 0.05) is 19.2 Å². The number of nitrogens with zero attached hydrogens (tertiary/aromatic N) is 1. The Hall–Kier alpha value is -1.61. The van der Waals surface area contributed by atoms with E-state index in [2.05, 4.69) is 16.8 Å². The van der Waals surface area contributed by atoms with E-state index in [1.807, 2.05) is 13.0 Å². The molecule has 108 valence electrons. The Bertz CT molecular complexity index is 734. The third kappa shape index (κ3) is 2.51. The van der Waals surface area contributed by atoms with Gasteiger partial charge in [0.05, 0.1) is 15.5 Å². The number of rotatable bonds is 3. The van der Waals surface area contributed by atoms with Gasteiger partial charge in [0.1, 0.15) is 17.6 Å². The molecular weight excluding hydrogens is 311 g/mol. The monoisotopic (exact) mass is 322 g/mol. The molecule has 1 N–H and O–H groups in total. The Morgan fingerprint density at radius 3 is 2.71 bits per heavy atom. The van der Waals surface area contributed by atoms with Gasteiger partial charge < -0.3 is 10.1 Å². The van der Waals surface area contributed by atoms with Crippen LogP contribution in [0.4, 0.5) is 4.39 Å². The van der Waals surface area contributed by atoms with E-state index in [9.17, 15) is 4.39 Å². The van der Waals surface area contributed by atoms with Gasteiger partial charge in [-0.25, -0.2) is 4.39 Å². The second kappa shape index (κ2) is 5.30. The average Bonchev–Trinajstić information content (AvgIpc) is 2.84. The van der Waals surface area contributed by atoms with Crippen LogP contribution in [-0.2, 0) is 5.60 Å². The van der Waals surface area contributed by atoms with Crippen LogP contribution >= 0.6 is 22.9 Å². The topological polar surface area (TPSA) is 45.0 Å². The van der Waals surface area contributed by atoms with Gasteiger partial charge in [0.15, 0.2) is 5.60 Å². The van der Waals surface area contributed by atoms with E-state index in [1.165, 1.54) is 11.6 Å². The van der Waals surface area contributed by atoms with Crippen LogP contribution in [-0.4, -0.2) is 13.1 Å². The third-order valence-corrected chi connectivity index (χ3v) is 4.97. The number of aryl methyl sites for hydroxylation is 1. The number of hydrogen-bond acceptors (Lipinski definition) is 4. The molecule has 1 aliphatic heterocycles. The van der Waals surface area contributed by atoms with Gasteiger partial charge in [-0.05, 0) is 30.0 Å². The van der Waals surface area contributed by atoms with E-state index in [0.29, 0.717) is 18.8 Å². The minimum absolute atomic E-state index is 0.0474. The molecule has 2 heterocycles. The molecule has 1 aromatic heterocycles. The highest BCUT2D eigenvalue weighted by atomic mass is 35.5. The maximum atomic E-state index is 13.5. The van der Waals surface area contributed by atoms with E-state index in [-0.39, 0.29) is 10.6 Å². The van der Waals surface area contributed by atoms with Crippen LogP contribution < -0.4 is 10.1 Å². The van der Waals surface area contributed by atoms with Crippen LogP contribution in [0, 0.1) is 24.1 Å². The molecule has 0 radical (unpaired) electrons. The Kier molecular flexibility index (Phi) is 3.62. The lowest BCUT2D eigenvalue weighted by Crippen LogP contribution is -2.60. The number of hydrogen-bond donors (Lipinski definition) is 1. The Morgan fingerprint density at radius 2 is 2.19 bits per heavy atom. The predicted octanol–water partition coefficient (Wildman–Crippen LogP) is 3.60. The molecule has 0 amide bonds. The molecule has 1 saturated heterocycles. The van der Waals surface area contributed by atoms with E-state index in [0.717, 1.165) is 10.9 Å². The van der Waals surface area contributed by atoms with Gasteiger partial charge >= 0.3 is 0 Å². The molecule has 1 fully saturated rings. The molecule has 6 heteroatoms. The van der Waals surface area contributed by atoms with Crippen LogP contribution in [0.2, 0.25) is 5.02 Å². The first kappa shape index (κ1) is 14.3. The summed E-state index contributed by atoms with van der Waals surface area (Å²) in [7, 11) is 0. The van der Waals surface area contributed by atoms with Crippen molar-refractivity contribution < 1.29 is 9.13 Å². The smallest absolute Gasteiger partial charge is 0.168 e. The third-order valence-electron chi connectivity index (χ3n) is 3.45. The molecule has 0 spiro atoms. The summed E-state index contributed by atoms with van der Waals surface area (Å²) in [5.74, 6) is -0.301. The summed E-state index contributed by atoms with van der Waals surface area (Å²) >= 11 is 7.42. The lowest BCUT2D eigenvalue weighted by Gasteiger charge is -2.42.